The molecule has 0 aliphatic carbocycles. The third-order valence-corrected chi connectivity index (χ3v) is 6.28. The Hall–Kier alpha value is -2.93. The van der Waals surface area contributed by atoms with E-state index < -0.39 is 0 Å². The summed E-state index contributed by atoms with van der Waals surface area (Å²) < 4.78 is 4.73. The number of thiophene rings is 1. The van der Waals surface area contributed by atoms with Crippen LogP contribution in [0.4, 0.5) is 16.5 Å². The number of ether oxygens (including phenoxy) is 1. The van der Waals surface area contributed by atoms with E-state index in [1.54, 1.807) is 11.3 Å². The Morgan fingerprint density at radius 2 is 1.87 bits per heavy atom. The number of carbonyl (C=O) groups is 1. The highest BCUT2D eigenvalue weighted by molar-refractivity contribution is 7.19. The van der Waals surface area contributed by atoms with E-state index in [9.17, 15) is 4.79 Å². The molecule has 0 saturated carbocycles. The normalized spacial score (nSPS) is 10.7. The van der Waals surface area contributed by atoms with Crippen LogP contribution in [0.1, 0.15) is 29.3 Å². The minimum atomic E-state index is -0.247. The Balaban J connectivity index is 1.92. The molecule has 0 amide bonds. The third-order valence-electron chi connectivity index (χ3n) is 4.88. The zero-order chi connectivity index (χ0) is 21.8. The second kappa shape index (κ2) is 9.26. The number of nitrogens with one attached hydrogen (secondary N) is 1. The van der Waals surface area contributed by atoms with E-state index in [0.29, 0.717) is 0 Å². The predicted octanol–water partition coefficient (Wildman–Crippen LogP) is 4.91. The first kappa shape index (κ1) is 21.8. The molecule has 0 fully saturated rings. The van der Waals surface area contributed by atoms with E-state index in [0.717, 1.165) is 45.4 Å². The first-order valence-electron chi connectivity index (χ1n) is 9.90. The van der Waals surface area contributed by atoms with Gasteiger partial charge in [0.15, 0.2) is 5.82 Å². The number of nitrogens with zero attached hydrogens (tertiary/aromatic N) is 3. The van der Waals surface area contributed by atoms with Crippen LogP contribution in [0.3, 0.4) is 0 Å². The quantitative estimate of drug-likeness (QED) is 0.544. The molecule has 3 aromatic rings. The van der Waals surface area contributed by atoms with Gasteiger partial charge in [-0.25, -0.2) is 9.97 Å². The van der Waals surface area contributed by atoms with Crippen LogP contribution in [-0.4, -0.2) is 37.1 Å². The smallest absolute Gasteiger partial charge is 0.309 e. The van der Waals surface area contributed by atoms with Gasteiger partial charge >= 0.3 is 5.97 Å². The molecule has 0 aliphatic heterocycles. The van der Waals surface area contributed by atoms with Gasteiger partial charge in [-0.1, -0.05) is 19.1 Å². The monoisotopic (exact) mass is 424 g/mol. The number of hydrogen-bond acceptors (Lipinski definition) is 7. The first-order chi connectivity index (χ1) is 14.3. The average molecular weight is 425 g/mol. The molecule has 0 spiro atoms. The van der Waals surface area contributed by atoms with Crippen molar-refractivity contribution in [3.63, 3.8) is 0 Å². The summed E-state index contributed by atoms with van der Waals surface area (Å²) >= 11 is 1.70. The molecule has 7 heteroatoms. The zero-order valence-electron chi connectivity index (χ0n) is 18.4. The number of carbonyl (C=O) groups excluding carboxylic acids is 1. The number of hydrogen-bond donors (Lipinski definition) is 1. The van der Waals surface area contributed by atoms with Crippen molar-refractivity contribution < 1.29 is 9.53 Å². The summed E-state index contributed by atoms with van der Waals surface area (Å²) in [5.41, 5.74) is 5.12. The van der Waals surface area contributed by atoms with E-state index >= 15 is 0 Å². The number of anilines is 3. The van der Waals surface area contributed by atoms with E-state index in [1.165, 1.54) is 17.7 Å². The second-order valence-corrected chi connectivity index (χ2v) is 8.41. The largest absolute Gasteiger partial charge is 0.469 e. The van der Waals surface area contributed by atoms with Gasteiger partial charge in [0.25, 0.3) is 0 Å². The maximum Gasteiger partial charge on any atom is 0.309 e. The number of aryl methyl sites for hydroxylation is 2. The molecule has 0 atom stereocenters. The highest BCUT2D eigenvalue weighted by Gasteiger charge is 2.16. The van der Waals surface area contributed by atoms with Crippen LogP contribution in [0, 0.1) is 13.8 Å². The van der Waals surface area contributed by atoms with Gasteiger partial charge < -0.3 is 15.0 Å². The molecule has 0 saturated heterocycles. The molecule has 0 radical (unpaired) electrons. The van der Waals surface area contributed by atoms with Gasteiger partial charge in [0.05, 0.1) is 23.4 Å². The fourth-order valence-corrected chi connectivity index (χ4v) is 4.37. The number of esters is 1. The van der Waals surface area contributed by atoms with Gasteiger partial charge in [-0.05, 0) is 49.6 Å². The summed E-state index contributed by atoms with van der Waals surface area (Å²) in [5.74, 6) is 1.30. The lowest BCUT2D eigenvalue weighted by Gasteiger charge is -2.14. The Morgan fingerprint density at radius 3 is 2.43 bits per heavy atom. The van der Waals surface area contributed by atoms with E-state index in [4.69, 9.17) is 14.7 Å². The van der Waals surface area contributed by atoms with Crippen molar-refractivity contribution in [2.75, 3.05) is 31.4 Å². The second-order valence-electron chi connectivity index (χ2n) is 7.38. The average Bonchev–Trinajstić information content (AvgIpc) is 3.11. The van der Waals surface area contributed by atoms with Crippen molar-refractivity contribution in [2.24, 2.45) is 0 Å². The maximum absolute atomic E-state index is 11.5. The summed E-state index contributed by atoms with van der Waals surface area (Å²) in [4.78, 5) is 24.3. The van der Waals surface area contributed by atoms with Crippen LogP contribution in [0.2, 0.25) is 0 Å². The Morgan fingerprint density at radius 1 is 1.17 bits per heavy atom. The molecule has 158 valence electrons. The molecule has 2 aromatic heterocycles. The van der Waals surface area contributed by atoms with Crippen LogP contribution in [-0.2, 0) is 22.4 Å². The minimum absolute atomic E-state index is 0.247. The van der Waals surface area contributed by atoms with Crippen LogP contribution in [0.5, 0.6) is 0 Å². The summed E-state index contributed by atoms with van der Waals surface area (Å²) in [5, 5.41) is 4.65. The molecular formula is C23H28N4O2S. The van der Waals surface area contributed by atoms with Gasteiger partial charge in [-0.3, -0.25) is 4.79 Å². The fourth-order valence-electron chi connectivity index (χ4n) is 3.34. The standard InChI is InChI=1S/C23H28N4O2S/c1-7-18-15(3)24-22(19-12-14(2)23(30-19)27(4)5)26-21(18)25-17-10-8-16(9-11-17)13-20(28)29-6/h8-12H,7,13H2,1-6H3,(H,24,25,26). The maximum atomic E-state index is 11.5. The molecule has 0 bridgehead atoms. The van der Waals surface area contributed by atoms with E-state index in [1.807, 2.05) is 45.3 Å². The summed E-state index contributed by atoms with van der Waals surface area (Å²) in [6, 6.07) is 9.89. The molecule has 2 heterocycles. The highest BCUT2D eigenvalue weighted by atomic mass is 32.1. The van der Waals surface area contributed by atoms with Crippen molar-refractivity contribution in [3.8, 4) is 10.7 Å². The molecule has 1 N–H and O–H groups in total. The lowest BCUT2D eigenvalue weighted by molar-refractivity contribution is -0.139. The summed E-state index contributed by atoms with van der Waals surface area (Å²) in [7, 11) is 5.49. The van der Waals surface area contributed by atoms with Crippen LogP contribution < -0.4 is 10.2 Å². The number of aromatic nitrogens is 2. The van der Waals surface area contributed by atoms with Crippen molar-refractivity contribution in [1.29, 1.82) is 0 Å². The van der Waals surface area contributed by atoms with Crippen molar-refractivity contribution in [2.45, 2.75) is 33.6 Å². The molecular weight excluding hydrogens is 396 g/mol. The molecule has 3 rings (SSSR count). The first-order valence-corrected chi connectivity index (χ1v) is 10.7. The van der Waals surface area contributed by atoms with Crippen molar-refractivity contribution in [3.05, 3.63) is 52.7 Å². The van der Waals surface area contributed by atoms with E-state index in [2.05, 4.69) is 30.1 Å². The van der Waals surface area contributed by atoms with Crippen LogP contribution >= 0.6 is 11.3 Å². The SMILES string of the molecule is CCc1c(C)nc(-c2cc(C)c(N(C)C)s2)nc1Nc1ccc(CC(=O)OC)cc1. The summed E-state index contributed by atoms with van der Waals surface area (Å²) in [6.07, 6.45) is 1.10. The van der Waals surface area contributed by atoms with E-state index in [-0.39, 0.29) is 12.4 Å². The van der Waals surface area contributed by atoms with Crippen molar-refractivity contribution >= 4 is 33.8 Å². The summed E-state index contributed by atoms with van der Waals surface area (Å²) in [6.45, 7) is 6.25. The lowest BCUT2D eigenvalue weighted by atomic mass is 10.1. The zero-order valence-corrected chi connectivity index (χ0v) is 19.2. The minimum Gasteiger partial charge on any atom is -0.469 e. The van der Waals surface area contributed by atoms with Gasteiger partial charge in [0, 0.05) is 31.0 Å². The Labute approximate surface area is 181 Å². The van der Waals surface area contributed by atoms with Gasteiger partial charge in [-0.2, -0.15) is 0 Å². The molecule has 6 nitrogen and oxygen atoms in total. The van der Waals surface area contributed by atoms with Crippen LogP contribution in [0.15, 0.2) is 30.3 Å². The molecule has 30 heavy (non-hydrogen) atoms. The van der Waals surface area contributed by atoms with Gasteiger partial charge in [0.2, 0.25) is 0 Å². The molecule has 1 aromatic carbocycles. The van der Waals surface area contributed by atoms with Gasteiger partial charge in [0.1, 0.15) is 5.82 Å². The number of rotatable bonds is 7. The molecule has 0 aliphatic rings. The third kappa shape index (κ3) is 4.79. The van der Waals surface area contributed by atoms with Crippen LogP contribution in [0.25, 0.3) is 10.7 Å². The Bertz CT molecular complexity index is 1040. The predicted molar refractivity (Wildman–Crippen MR) is 124 cm³/mol. The van der Waals surface area contributed by atoms with Gasteiger partial charge in [-0.15, -0.1) is 11.3 Å². The topological polar surface area (TPSA) is 67.4 Å². The Kier molecular flexibility index (Phi) is 6.72. The molecule has 0 unspecified atom stereocenters. The van der Waals surface area contributed by atoms with Crippen molar-refractivity contribution in [1.82, 2.24) is 9.97 Å². The number of benzene rings is 1. The fraction of sp³-hybridized carbons (Fsp3) is 0.348. The lowest BCUT2D eigenvalue weighted by Crippen LogP contribution is -2.07. The number of methoxy groups -OCH3 is 1. The highest BCUT2D eigenvalue weighted by Crippen LogP contribution is 2.36.